The van der Waals surface area contributed by atoms with Crippen LogP contribution in [0, 0.1) is 5.41 Å². The first kappa shape index (κ1) is 12.5. The average Bonchev–Trinajstić information content (AvgIpc) is 2.69. The molecule has 5 nitrogen and oxygen atoms in total. The third kappa shape index (κ3) is 2.30. The lowest BCUT2D eigenvalue weighted by Gasteiger charge is -2.23. The van der Waals surface area contributed by atoms with Gasteiger partial charge in [0.1, 0.15) is 24.0 Å². The van der Waals surface area contributed by atoms with E-state index < -0.39 is 0 Å². The molecule has 5 heteroatoms. The minimum Gasteiger partial charge on any atom is -0.491 e. The van der Waals surface area contributed by atoms with Crippen LogP contribution in [0.5, 0.6) is 5.75 Å². The summed E-state index contributed by atoms with van der Waals surface area (Å²) in [4.78, 5) is 6.49. The van der Waals surface area contributed by atoms with Crippen molar-refractivity contribution < 1.29 is 4.74 Å². The molecule has 1 aromatic heterocycles. The number of benzene rings is 1. The number of hydrogen-bond acceptors (Lipinski definition) is 4. The van der Waals surface area contributed by atoms with Crippen LogP contribution < -0.4 is 15.4 Å². The fourth-order valence-electron chi connectivity index (χ4n) is 2.37. The van der Waals surface area contributed by atoms with Gasteiger partial charge in [-0.2, -0.15) is 0 Å². The lowest BCUT2D eigenvalue weighted by atomic mass is 10.1. The Kier molecular flexibility index (Phi) is 3.25. The summed E-state index contributed by atoms with van der Waals surface area (Å²) in [6, 6.07) is 11.6. The predicted octanol–water partition coefficient (Wildman–Crippen LogP) is 1.76. The molecule has 0 atom stereocenters. The third-order valence-corrected chi connectivity index (χ3v) is 3.33. The van der Waals surface area contributed by atoms with E-state index in [4.69, 9.17) is 15.9 Å². The first-order valence-electron chi connectivity index (χ1n) is 6.51. The second-order valence-corrected chi connectivity index (χ2v) is 4.67. The molecule has 1 aliphatic heterocycles. The van der Waals surface area contributed by atoms with Gasteiger partial charge in [-0.3, -0.25) is 5.41 Å². The number of pyridine rings is 1. The molecule has 0 fully saturated rings. The highest BCUT2D eigenvalue weighted by atomic mass is 16.5. The Morgan fingerprint density at radius 2 is 2.10 bits per heavy atom. The van der Waals surface area contributed by atoms with Gasteiger partial charge < -0.3 is 15.4 Å². The number of fused-ring (bicyclic) bond motifs is 1. The van der Waals surface area contributed by atoms with Crippen molar-refractivity contribution in [2.45, 2.75) is 6.54 Å². The highest BCUT2D eigenvalue weighted by Crippen LogP contribution is 2.26. The number of ether oxygens (including phenoxy) is 1. The van der Waals surface area contributed by atoms with E-state index in [1.165, 1.54) is 0 Å². The third-order valence-electron chi connectivity index (χ3n) is 3.33. The van der Waals surface area contributed by atoms with Crippen molar-refractivity contribution in [3.8, 4) is 5.75 Å². The van der Waals surface area contributed by atoms with Crippen molar-refractivity contribution in [3.05, 3.63) is 53.7 Å². The summed E-state index contributed by atoms with van der Waals surface area (Å²) >= 11 is 0. The molecular formula is C15H16N4O. The number of nitrogens with zero attached hydrogens (tertiary/aromatic N) is 2. The maximum atomic E-state index is 7.67. The van der Waals surface area contributed by atoms with Crippen molar-refractivity contribution in [3.63, 3.8) is 0 Å². The molecule has 0 bridgehead atoms. The molecule has 0 unspecified atom stereocenters. The van der Waals surface area contributed by atoms with Crippen molar-refractivity contribution >= 4 is 11.7 Å². The second kappa shape index (κ2) is 5.21. The van der Waals surface area contributed by atoms with Gasteiger partial charge in [-0.15, -0.1) is 0 Å². The SMILES string of the molecule is N=C(N)c1cccnc1N1CCOc2ccccc2C1. The summed E-state index contributed by atoms with van der Waals surface area (Å²) in [5, 5.41) is 7.67. The van der Waals surface area contributed by atoms with Crippen LogP contribution in [0.15, 0.2) is 42.6 Å². The number of hydrogen-bond donors (Lipinski definition) is 2. The van der Waals surface area contributed by atoms with Gasteiger partial charge in [0.05, 0.1) is 12.1 Å². The second-order valence-electron chi connectivity index (χ2n) is 4.67. The largest absolute Gasteiger partial charge is 0.491 e. The van der Waals surface area contributed by atoms with Crippen molar-refractivity contribution in [2.24, 2.45) is 5.73 Å². The van der Waals surface area contributed by atoms with Gasteiger partial charge in [0.25, 0.3) is 0 Å². The lowest BCUT2D eigenvalue weighted by molar-refractivity contribution is 0.331. The standard InChI is InChI=1S/C15H16N4O/c16-14(17)12-5-3-7-18-15(12)19-8-9-20-13-6-2-1-4-11(13)10-19/h1-7H,8-10H2,(H3,16,17). The van der Waals surface area contributed by atoms with Crippen molar-refractivity contribution in [1.82, 2.24) is 4.98 Å². The van der Waals surface area contributed by atoms with Crippen LogP contribution in [0.4, 0.5) is 5.82 Å². The number of nitrogen functional groups attached to an aromatic ring is 1. The predicted molar refractivity (Wildman–Crippen MR) is 78.2 cm³/mol. The fraction of sp³-hybridized carbons (Fsp3) is 0.200. The Bertz CT molecular complexity index is 641. The van der Waals surface area contributed by atoms with Gasteiger partial charge in [-0.05, 0) is 18.2 Å². The zero-order valence-electron chi connectivity index (χ0n) is 11.0. The van der Waals surface area contributed by atoms with Crippen molar-refractivity contribution in [2.75, 3.05) is 18.1 Å². The van der Waals surface area contributed by atoms with E-state index in [2.05, 4.69) is 9.88 Å². The molecule has 2 aromatic rings. The molecule has 0 saturated heterocycles. The number of para-hydroxylation sites is 1. The normalized spacial score (nSPS) is 14.1. The summed E-state index contributed by atoms with van der Waals surface area (Å²) in [6.07, 6.45) is 1.72. The monoisotopic (exact) mass is 268 g/mol. The van der Waals surface area contributed by atoms with Gasteiger partial charge in [-0.1, -0.05) is 18.2 Å². The Labute approximate surface area is 117 Å². The molecule has 102 valence electrons. The van der Waals surface area contributed by atoms with Crippen LogP contribution in [-0.4, -0.2) is 24.0 Å². The minimum atomic E-state index is 0.0338. The molecule has 0 radical (unpaired) electrons. The van der Waals surface area contributed by atoms with Gasteiger partial charge in [-0.25, -0.2) is 4.98 Å². The number of nitrogens with two attached hydrogens (primary N) is 1. The molecule has 20 heavy (non-hydrogen) atoms. The average molecular weight is 268 g/mol. The van der Waals surface area contributed by atoms with Crippen LogP contribution in [-0.2, 0) is 6.54 Å². The zero-order valence-corrected chi connectivity index (χ0v) is 11.0. The number of amidine groups is 1. The maximum Gasteiger partial charge on any atom is 0.139 e. The molecule has 0 spiro atoms. The van der Waals surface area contributed by atoms with Crippen molar-refractivity contribution in [1.29, 1.82) is 5.41 Å². The van der Waals surface area contributed by atoms with Crippen LogP contribution >= 0.6 is 0 Å². The maximum absolute atomic E-state index is 7.67. The Morgan fingerprint density at radius 3 is 2.95 bits per heavy atom. The summed E-state index contributed by atoms with van der Waals surface area (Å²) in [7, 11) is 0. The van der Waals surface area contributed by atoms with E-state index in [-0.39, 0.29) is 5.84 Å². The zero-order chi connectivity index (χ0) is 13.9. The number of anilines is 1. The molecule has 0 saturated carbocycles. The molecule has 2 heterocycles. The quantitative estimate of drug-likeness (QED) is 0.643. The van der Waals surface area contributed by atoms with Gasteiger partial charge >= 0.3 is 0 Å². The van der Waals surface area contributed by atoms with Gasteiger partial charge in [0, 0.05) is 18.3 Å². The summed E-state index contributed by atoms with van der Waals surface area (Å²) < 4.78 is 5.75. The first-order chi connectivity index (χ1) is 9.75. The highest BCUT2D eigenvalue weighted by Gasteiger charge is 2.19. The smallest absolute Gasteiger partial charge is 0.139 e. The van der Waals surface area contributed by atoms with E-state index in [0.29, 0.717) is 25.3 Å². The van der Waals surface area contributed by atoms with Crippen LogP contribution in [0.1, 0.15) is 11.1 Å². The topological polar surface area (TPSA) is 75.2 Å². The summed E-state index contributed by atoms with van der Waals surface area (Å²) in [5.74, 6) is 1.68. The highest BCUT2D eigenvalue weighted by molar-refractivity contribution is 5.99. The van der Waals surface area contributed by atoms with E-state index in [1.807, 2.05) is 30.3 Å². The van der Waals surface area contributed by atoms with Crippen LogP contribution in [0.25, 0.3) is 0 Å². The van der Waals surface area contributed by atoms with Gasteiger partial charge in [0.15, 0.2) is 0 Å². The summed E-state index contributed by atoms with van der Waals surface area (Å²) in [6.45, 7) is 2.00. The minimum absolute atomic E-state index is 0.0338. The first-order valence-corrected chi connectivity index (χ1v) is 6.51. The fourth-order valence-corrected chi connectivity index (χ4v) is 2.37. The lowest BCUT2D eigenvalue weighted by Crippen LogP contribution is -2.29. The van der Waals surface area contributed by atoms with E-state index in [9.17, 15) is 0 Å². The molecule has 0 aliphatic carbocycles. The molecule has 3 rings (SSSR count). The number of aromatic nitrogens is 1. The van der Waals surface area contributed by atoms with Crippen LogP contribution in [0.3, 0.4) is 0 Å². The van der Waals surface area contributed by atoms with E-state index >= 15 is 0 Å². The molecule has 1 aliphatic rings. The van der Waals surface area contributed by atoms with Crippen LogP contribution in [0.2, 0.25) is 0 Å². The molecule has 1 aromatic carbocycles. The Morgan fingerprint density at radius 1 is 1.25 bits per heavy atom. The molecule has 3 N–H and O–H groups in total. The Balaban J connectivity index is 1.98. The van der Waals surface area contributed by atoms with E-state index in [0.717, 1.165) is 17.1 Å². The number of nitrogens with one attached hydrogen (secondary N) is 1. The molecule has 0 amide bonds. The Hall–Kier alpha value is -2.56. The summed E-state index contributed by atoms with van der Waals surface area (Å²) in [5.41, 5.74) is 7.42. The van der Waals surface area contributed by atoms with Gasteiger partial charge in [0.2, 0.25) is 0 Å². The van der Waals surface area contributed by atoms with E-state index in [1.54, 1.807) is 12.3 Å². The molecular weight excluding hydrogens is 252 g/mol. The number of rotatable bonds is 2.